The molecule has 22 heavy (non-hydrogen) atoms. The molecule has 0 atom stereocenters. The lowest BCUT2D eigenvalue weighted by molar-refractivity contribution is 0.232. The van der Waals surface area contributed by atoms with Gasteiger partial charge in [0.05, 0.1) is 0 Å². The van der Waals surface area contributed by atoms with Crippen molar-refractivity contribution in [2.24, 2.45) is 4.99 Å². The Morgan fingerprint density at radius 3 is 2.68 bits per heavy atom. The van der Waals surface area contributed by atoms with Crippen LogP contribution in [0.3, 0.4) is 0 Å². The summed E-state index contributed by atoms with van der Waals surface area (Å²) < 4.78 is 26.7. The second kappa shape index (κ2) is 8.68. The average Bonchev–Trinajstić information content (AvgIpc) is 2.54. The maximum atomic E-state index is 13.5. The maximum Gasteiger partial charge on any atom is 0.191 e. The Kier molecular flexibility index (Phi) is 6.58. The van der Waals surface area contributed by atoms with Crippen molar-refractivity contribution in [1.29, 1.82) is 0 Å². The van der Waals surface area contributed by atoms with Crippen LogP contribution in [-0.2, 0) is 6.54 Å². The molecule has 0 bridgehead atoms. The van der Waals surface area contributed by atoms with Crippen LogP contribution in [0, 0.1) is 11.6 Å². The number of nitrogens with one attached hydrogen (secondary N) is 2. The molecule has 1 aliphatic rings. The first kappa shape index (κ1) is 16.7. The zero-order chi connectivity index (χ0) is 15.8. The molecule has 1 aromatic rings. The van der Waals surface area contributed by atoms with Gasteiger partial charge in [-0.2, -0.15) is 0 Å². The van der Waals surface area contributed by atoms with Crippen LogP contribution in [0.15, 0.2) is 23.2 Å². The van der Waals surface area contributed by atoms with Crippen LogP contribution in [0.4, 0.5) is 8.78 Å². The van der Waals surface area contributed by atoms with Crippen LogP contribution in [0.5, 0.6) is 0 Å². The highest BCUT2D eigenvalue weighted by atomic mass is 19.1. The topological polar surface area (TPSA) is 39.7 Å². The van der Waals surface area contributed by atoms with E-state index in [4.69, 9.17) is 0 Å². The fourth-order valence-corrected chi connectivity index (χ4v) is 2.59. The molecule has 0 unspecified atom stereocenters. The molecule has 0 amide bonds. The summed E-state index contributed by atoms with van der Waals surface area (Å²) in [5.74, 6) is -0.260. The second-order valence-corrected chi connectivity index (χ2v) is 5.49. The van der Waals surface area contributed by atoms with Crippen LogP contribution in [0.1, 0.15) is 24.8 Å². The summed E-state index contributed by atoms with van der Waals surface area (Å²) in [7, 11) is 1.66. The molecule has 2 rings (SSSR count). The number of nitrogens with zero attached hydrogens (tertiary/aromatic N) is 2. The quantitative estimate of drug-likeness (QED) is 0.646. The van der Waals surface area contributed by atoms with E-state index < -0.39 is 11.6 Å². The molecule has 4 nitrogen and oxygen atoms in total. The van der Waals surface area contributed by atoms with Gasteiger partial charge in [0.15, 0.2) is 5.96 Å². The van der Waals surface area contributed by atoms with E-state index in [1.165, 1.54) is 25.3 Å². The number of halogens is 2. The summed E-state index contributed by atoms with van der Waals surface area (Å²) >= 11 is 0. The molecule has 122 valence electrons. The minimum absolute atomic E-state index is 0.201. The number of aliphatic imine (C=N–C) groups is 1. The van der Waals surface area contributed by atoms with Crippen LogP contribution >= 0.6 is 0 Å². The predicted octanol–water partition coefficient (Wildman–Crippen LogP) is 2.12. The van der Waals surface area contributed by atoms with Crippen LogP contribution in [0.25, 0.3) is 0 Å². The van der Waals surface area contributed by atoms with E-state index in [1.807, 2.05) is 0 Å². The molecule has 2 N–H and O–H groups in total. The fraction of sp³-hybridized carbons (Fsp3) is 0.562. The molecule has 1 aliphatic heterocycles. The number of piperidine rings is 1. The van der Waals surface area contributed by atoms with Crippen molar-refractivity contribution in [2.75, 3.05) is 33.2 Å². The first-order valence-corrected chi connectivity index (χ1v) is 7.80. The summed E-state index contributed by atoms with van der Waals surface area (Å²) in [6.07, 6.45) is 3.87. The Morgan fingerprint density at radius 2 is 1.95 bits per heavy atom. The Morgan fingerprint density at radius 1 is 1.18 bits per heavy atom. The Balaban J connectivity index is 1.74. The van der Waals surface area contributed by atoms with E-state index in [0.29, 0.717) is 11.5 Å². The summed E-state index contributed by atoms with van der Waals surface area (Å²) in [6, 6.07) is 3.45. The number of rotatable bonds is 5. The highest BCUT2D eigenvalue weighted by Gasteiger charge is 2.09. The highest BCUT2D eigenvalue weighted by molar-refractivity contribution is 5.79. The van der Waals surface area contributed by atoms with Gasteiger partial charge in [0.25, 0.3) is 0 Å². The van der Waals surface area contributed by atoms with Gasteiger partial charge < -0.3 is 15.5 Å². The van der Waals surface area contributed by atoms with Crippen molar-refractivity contribution < 1.29 is 8.78 Å². The first-order chi connectivity index (χ1) is 10.7. The minimum Gasteiger partial charge on any atom is -0.355 e. The van der Waals surface area contributed by atoms with E-state index in [2.05, 4.69) is 20.5 Å². The molecule has 1 aromatic carbocycles. The molecule has 0 aromatic heterocycles. The van der Waals surface area contributed by atoms with Gasteiger partial charge in [0.2, 0.25) is 0 Å². The third kappa shape index (κ3) is 5.26. The Hall–Kier alpha value is -1.69. The van der Waals surface area contributed by atoms with Crippen molar-refractivity contribution in [1.82, 2.24) is 15.5 Å². The highest BCUT2D eigenvalue weighted by Crippen LogP contribution is 2.09. The number of hydrogen-bond acceptors (Lipinski definition) is 2. The normalized spacial score (nSPS) is 16.6. The van der Waals surface area contributed by atoms with Crippen LogP contribution in [-0.4, -0.2) is 44.1 Å². The molecule has 6 heteroatoms. The molecule has 0 aliphatic carbocycles. The first-order valence-electron chi connectivity index (χ1n) is 7.80. The zero-order valence-corrected chi connectivity index (χ0v) is 13.0. The molecular formula is C16H24F2N4. The SMILES string of the molecule is CN=C(NCCN1CCCCC1)NCc1cc(F)ccc1F. The van der Waals surface area contributed by atoms with E-state index >= 15 is 0 Å². The monoisotopic (exact) mass is 310 g/mol. The van der Waals surface area contributed by atoms with Gasteiger partial charge in [-0.25, -0.2) is 8.78 Å². The van der Waals surface area contributed by atoms with Gasteiger partial charge in [-0.15, -0.1) is 0 Å². The molecule has 0 saturated carbocycles. The average molecular weight is 310 g/mol. The van der Waals surface area contributed by atoms with E-state index in [9.17, 15) is 8.78 Å². The van der Waals surface area contributed by atoms with E-state index in [-0.39, 0.29) is 6.54 Å². The van der Waals surface area contributed by atoms with E-state index in [0.717, 1.165) is 38.3 Å². The van der Waals surface area contributed by atoms with Crippen LogP contribution in [0.2, 0.25) is 0 Å². The number of guanidine groups is 1. The van der Waals surface area contributed by atoms with Crippen molar-refractivity contribution in [3.63, 3.8) is 0 Å². The van der Waals surface area contributed by atoms with Crippen molar-refractivity contribution >= 4 is 5.96 Å². The third-order valence-corrected chi connectivity index (χ3v) is 3.85. The molecule has 1 saturated heterocycles. The Bertz CT molecular complexity index is 499. The maximum absolute atomic E-state index is 13.5. The molecule has 1 fully saturated rings. The summed E-state index contributed by atoms with van der Waals surface area (Å²) in [5, 5.41) is 6.21. The number of likely N-dealkylation sites (tertiary alicyclic amines) is 1. The summed E-state index contributed by atoms with van der Waals surface area (Å²) in [6.45, 7) is 4.26. The standard InChI is InChI=1S/C16H24F2N4/c1-19-16(20-7-10-22-8-3-2-4-9-22)21-12-13-11-14(17)5-6-15(13)18/h5-6,11H,2-4,7-10,12H2,1H3,(H2,19,20,21). The minimum atomic E-state index is -0.439. The van der Waals surface area contributed by atoms with Crippen molar-refractivity contribution in [2.45, 2.75) is 25.8 Å². The Labute approximate surface area is 130 Å². The zero-order valence-electron chi connectivity index (χ0n) is 13.0. The summed E-state index contributed by atoms with van der Waals surface area (Å²) in [5.41, 5.74) is 0.291. The van der Waals surface area contributed by atoms with Crippen molar-refractivity contribution in [3.05, 3.63) is 35.4 Å². The van der Waals surface area contributed by atoms with Gasteiger partial charge in [0.1, 0.15) is 11.6 Å². The third-order valence-electron chi connectivity index (χ3n) is 3.85. The van der Waals surface area contributed by atoms with Gasteiger partial charge in [-0.1, -0.05) is 6.42 Å². The van der Waals surface area contributed by atoms with Gasteiger partial charge >= 0.3 is 0 Å². The molecule has 0 radical (unpaired) electrons. The number of benzene rings is 1. The summed E-state index contributed by atoms with van der Waals surface area (Å²) in [4.78, 5) is 6.52. The number of hydrogen-bond donors (Lipinski definition) is 2. The van der Waals surface area contributed by atoms with E-state index in [1.54, 1.807) is 7.05 Å². The van der Waals surface area contributed by atoms with Gasteiger partial charge in [0, 0.05) is 32.2 Å². The van der Waals surface area contributed by atoms with Gasteiger partial charge in [-0.3, -0.25) is 4.99 Å². The lowest BCUT2D eigenvalue weighted by atomic mass is 10.1. The van der Waals surface area contributed by atoms with Crippen molar-refractivity contribution in [3.8, 4) is 0 Å². The smallest absolute Gasteiger partial charge is 0.191 e. The predicted molar refractivity (Wildman–Crippen MR) is 84.9 cm³/mol. The largest absolute Gasteiger partial charge is 0.355 e. The second-order valence-electron chi connectivity index (χ2n) is 5.49. The lowest BCUT2D eigenvalue weighted by Crippen LogP contribution is -2.42. The molecular weight excluding hydrogens is 286 g/mol. The van der Waals surface area contributed by atoms with Crippen LogP contribution < -0.4 is 10.6 Å². The molecule has 1 heterocycles. The fourth-order valence-electron chi connectivity index (χ4n) is 2.59. The molecule has 0 spiro atoms. The van der Waals surface area contributed by atoms with Gasteiger partial charge in [-0.05, 0) is 44.1 Å². The lowest BCUT2D eigenvalue weighted by Gasteiger charge is -2.26.